The van der Waals surface area contributed by atoms with Gasteiger partial charge in [0.25, 0.3) is 0 Å². The minimum atomic E-state index is 1.14. The number of fused-ring (bicyclic) bond motifs is 1. The first-order chi connectivity index (χ1) is 9.33. The number of alkyl halides is 1. The summed E-state index contributed by atoms with van der Waals surface area (Å²) in [6.45, 7) is 5.75. The van der Waals surface area contributed by atoms with Crippen molar-refractivity contribution in [2.24, 2.45) is 0 Å². The molecule has 0 saturated carbocycles. The normalized spacial score (nSPS) is 11.3. The fourth-order valence-corrected chi connectivity index (χ4v) is 3.56. The molecule has 2 aromatic rings. The second-order valence-corrected chi connectivity index (χ2v) is 6.13. The average molecular weight is 369 g/mol. The zero-order valence-electron chi connectivity index (χ0n) is 12.1. The SMILES string of the molecule is CCc1c(CC)n(CCCCCI)c2ccccc12. The van der Waals surface area contributed by atoms with Crippen molar-refractivity contribution in [1.82, 2.24) is 4.57 Å². The summed E-state index contributed by atoms with van der Waals surface area (Å²) < 4.78 is 3.85. The maximum Gasteiger partial charge on any atom is 0.0485 e. The van der Waals surface area contributed by atoms with Crippen LogP contribution < -0.4 is 0 Å². The second kappa shape index (κ2) is 7.32. The molecule has 1 nitrogen and oxygen atoms in total. The number of nitrogens with zero attached hydrogens (tertiary/aromatic N) is 1. The van der Waals surface area contributed by atoms with E-state index in [4.69, 9.17) is 0 Å². The Morgan fingerprint density at radius 2 is 1.79 bits per heavy atom. The topological polar surface area (TPSA) is 4.93 Å². The highest BCUT2D eigenvalue weighted by atomic mass is 127. The highest BCUT2D eigenvalue weighted by Crippen LogP contribution is 2.27. The van der Waals surface area contributed by atoms with Crippen LogP contribution in [0.4, 0.5) is 0 Å². The summed E-state index contributed by atoms with van der Waals surface area (Å²) in [5, 5.41) is 1.47. The van der Waals surface area contributed by atoms with Crippen molar-refractivity contribution in [3.05, 3.63) is 35.5 Å². The van der Waals surface area contributed by atoms with Gasteiger partial charge in [-0.1, -0.05) is 61.1 Å². The Morgan fingerprint density at radius 1 is 1.00 bits per heavy atom. The molecule has 1 heterocycles. The lowest BCUT2D eigenvalue weighted by Gasteiger charge is -2.10. The molecule has 0 aliphatic heterocycles. The lowest BCUT2D eigenvalue weighted by atomic mass is 10.1. The van der Waals surface area contributed by atoms with E-state index in [0.717, 1.165) is 12.8 Å². The van der Waals surface area contributed by atoms with E-state index in [1.54, 1.807) is 11.3 Å². The van der Waals surface area contributed by atoms with E-state index in [-0.39, 0.29) is 0 Å². The van der Waals surface area contributed by atoms with Crippen LogP contribution in [0.5, 0.6) is 0 Å². The van der Waals surface area contributed by atoms with Crippen LogP contribution in [-0.2, 0) is 19.4 Å². The van der Waals surface area contributed by atoms with Crippen LogP contribution >= 0.6 is 22.6 Å². The molecule has 0 spiro atoms. The Labute approximate surface area is 130 Å². The molecule has 0 radical (unpaired) electrons. The van der Waals surface area contributed by atoms with E-state index < -0.39 is 0 Å². The molecule has 19 heavy (non-hydrogen) atoms. The minimum absolute atomic E-state index is 1.14. The van der Waals surface area contributed by atoms with Crippen LogP contribution in [0, 0.1) is 0 Å². The van der Waals surface area contributed by atoms with Crippen molar-refractivity contribution in [2.45, 2.75) is 52.5 Å². The Kier molecular flexibility index (Phi) is 5.74. The Bertz CT molecular complexity index is 527. The number of aromatic nitrogens is 1. The molecule has 0 aliphatic rings. The summed E-state index contributed by atoms with van der Waals surface area (Å²) in [5.74, 6) is 0. The summed E-state index contributed by atoms with van der Waals surface area (Å²) >= 11 is 2.47. The lowest BCUT2D eigenvalue weighted by Crippen LogP contribution is -2.03. The maximum absolute atomic E-state index is 2.57. The molecule has 0 saturated heterocycles. The van der Waals surface area contributed by atoms with Crippen molar-refractivity contribution in [1.29, 1.82) is 0 Å². The predicted octanol–water partition coefficient (Wildman–Crippen LogP) is 5.37. The van der Waals surface area contributed by atoms with Crippen LogP contribution in [-0.4, -0.2) is 8.99 Å². The predicted molar refractivity (Wildman–Crippen MR) is 93.4 cm³/mol. The molecule has 2 heteroatoms. The molecule has 0 aliphatic carbocycles. The molecule has 0 N–H and O–H groups in total. The summed E-state index contributed by atoms with van der Waals surface area (Å²) in [6, 6.07) is 8.91. The average Bonchev–Trinajstić information content (AvgIpc) is 2.76. The van der Waals surface area contributed by atoms with Gasteiger partial charge in [-0.15, -0.1) is 0 Å². The van der Waals surface area contributed by atoms with E-state index in [0.29, 0.717) is 0 Å². The molecular formula is C17H24IN. The molecule has 0 bridgehead atoms. The Hall–Kier alpha value is -0.510. The first-order valence-corrected chi connectivity index (χ1v) is 9.00. The van der Waals surface area contributed by atoms with E-state index >= 15 is 0 Å². The molecule has 2 rings (SSSR count). The van der Waals surface area contributed by atoms with Gasteiger partial charge in [-0.2, -0.15) is 0 Å². The number of aryl methyl sites for hydroxylation is 2. The largest absolute Gasteiger partial charge is 0.344 e. The summed E-state index contributed by atoms with van der Waals surface area (Å²) in [6.07, 6.45) is 6.29. The van der Waals surface area contributed by atoms with Gasteiger partial charge < -0.3 is 4.57 Å². The van der Waals surface area contributed by atoms with Crippen molar-refractivity contribution in [3.63, 3.8) is 0 Å². The third-order valence-electron chi connectivity index (χ3n) is 3.90. The third kappa shape index (κ3) is 3.15. The van der Waals surface area contributed by atoms with Crippen molar-refractivity contribution in [2.75, 3.05) is 4.43 Å². The van der Waals surface area contributed by atoms with Crippen molar-refractivity contribution < 1.29 is 0 Å². The van der Waals surface area contributed by atoms with E-state index in [2.05, 4.69) is 65.3 Å². The molecule has 0 atom stereocenters. The minimum Gasteiger partial charge on any atom is -0.344 e. The number of unbranched alkanes of at least 4 members (excludes halogenated alkanes) is 2. The van der Waals surface area contributed by atoms with Gasteiger partial charge in [-0.05, 0) is 41.7 Å². The molecule has 104 valence electrons. The van der Waals surface area contributed by atoms with Gasteiger partial charge in [0.05, 0.1) is 0 Å². The fraction of sp³-hybridized carbons (Fsp3) is 0.529. The smallest absolute Gasteiger partial charge is 0.0485 e. The number of hydrogen-bond acceptors (Lipinski definition) is 0. The summed E-state index contributed by atoms with van der Waals surface area (Å²) in [7, 11) is 0. The number of para-hydroxylation sites is 1. The Morgan fingerprint density at radius 3 is 2.47 bits per heavy atom. The monoisotopic (exact) mass is 369 g/mol. The van der Waals surface area contributed by atoms with Gasteiger partial charge in [0.2, 0.25) is 0 Å². The summed E-state index contributed by atoms with van der Waals surface area (Å²) in [4.78, 5) is 0. The first kappa shape index (κ1) is 14.9. The van der Waals surface area contributed by atoms with E-state index in [9.17, 15) is 0 Å². The second-order valence-electron chi connectivity index (χ2n) is 5.05. The number of hydrogen-bond donors (Lipinski definition) is 0. The van der Waals surface area contributed by atoms with Gasteiger partial charge in [-0.25, -0.2) is 0 Å². The quantitative estimate of drug-likeness (QED) is 0.351. The molecular weight excluding hydrogens is 345 g/mol. The summed E-state index contributed by atoms with van der Waals surface area (Å²) in [5.41, 5.74) is 4.55. The molecule has 0 unspecified atom stereocenters. The van der Waals surface area contributed by atoms with Crippen molar-refractivity contribution >= 4 is 33.5 Å². The lowest BCUT2D eigenvalue weighted by molar-refractivity contribution is 0.602. The van der Waals surface area contributed by atoms with Gasteiger partial charge in [0.15, 0.2) is 0 Å². The number of rotatable bonds is 7. The number of halogens is 1. The van der Waals surface area contributed by atoms with Crippen LogP contribution in [0.3, 0.4) is 0 Å². The zero-order chi connectivity index (χ0) is 13.7. The van der Waals surface area contributed by atoms with Gasteiger partial charge >= 0.3 is 0 Å². The molecule has 0 amide bonds. The highest BCUT2D eigenvalue weighted by Gasteiger charge is 2.13. The molecule has 1 aromatic heterocycles. The van der Waals surface area contributed by atoms with Crippen molar-refractivity contribution in [3.8, 4) is 0 Å². The first-order valence-electron chi connectivity index (χ1n) is 7.48. The van der Waals surface area contributed by atoms with E-state index in [1.807, 2.05) is 0 Å². The fourth-order valence-electron chi connectivity index (χ4n) is 3.02. The van der Waals surface area contributed by atoms with E-state index in [1.165, 1.54) is 41.1 Å². The van der Waals surface area contributed by atoms with Crippen LogP contribution in [0.2, 0.25) is 0 Å². The van der Waals surface area contributed by atoms with Gasteiger partial charge in [-0.3, -0.25) is 0 Å². The number of benzene rings is 1. The standard InChI is InChI=1S/C17H24IN/c1-3-14-15-10-6-7-11-17(15)19(16(14)4-2)13-9-5-8-12-18/h6-7,10-11H,3-5,8-9,12-13H2,1-2H3. The van der Waals surface area contributed by atoms with Gasteiger partial charge in [0.1, 0.15) is 0 Å². The van der Waals surface area contributed by atoms with Crippen LogP contribution in [0.15, 0.2) is 24.3 Å². The zero-order valence-corrected chi connectivity index (χ0v) is 14.2. The third-order valence-corrected chi connectivity index (χ3v) is 4.66. The highest BCUT2D eigenvalue weighted by molar-refractivity contribution is 14.1. The van der Waals surface area contributed by atoms with Crippen LogP contribution in [0.1, 0.15) is 44.4 Å². The van der Waals surface area contributed by atoms with Gasteiger partial charge in [0, 0.05) is 23.1 Å². The maximum atomic E-state index is 2.57. The molecule has 1 aromatic carbocycles. The molecule has 0 fully saturated rings. The van der Waals surface area contributed by atoms with Crippen LogP contribution in [0.25, 0.3) is 10.9 Å². The Balaban J connectivity index is 2.34.